The fraction of sp³-hybridized carbons (Fsp3) is 0.267. The molecule has 2 N–H and O–H groups in total. The van der Waals surface area contributed by atoms with E-state index in [9.17, 15) is 4.79 Å². The van der Waals surface area contributed by atoms with Crippen LogP contribution in [0.15, 0.2) is 36.7 Å². The lowest BCUT2D eigenvalue weighted by molar-refractivity contribution is 0.102. The molecule has 1 amide bonds. The Morgan fingerprint density at radius 3 is 2.67 bits per heavy atom. The summed E-state index contributed by atoms with van der Waals surface area (Å²) in [5, 5.41) is 6.41. The minimum Gasteiger partial charge on any atom is -0.321 e. The van der Waals surface area contributed by atoms with Crippen LogP contribution in [0.25, 0.3) is 0 Å². The molecular weight excluding hydrogens is 288 g/mol. The summed E-state index contributed by atoms with van der Waals surface area (Å²) >= 11 is 5.65. The normalized spacial score (nSPS) is 17.7. The van der Waals surface area contributed by atoms with Crippen LogP contribution in [-0.2, 0) is 0 Å². The van der Waals surface area contributed by atoms with Gasteiger partial charge in [0.1, 0.15) is 10.8 Å². The molecule has 1 aliphatic rings. The van der Waals surface area contributed by atoms with Crippen molar-refractivity contribution in [3.63, 3.8) is 0 Å². The molecule has 6 heteroatoms. The summed E-state index contributed by atoms with van der Waals surface area (Å²) in [4.78, 5) is 19.8. The average molecular weight is 303 g/mol. The van der Waals surface area contributed by atoms with Gasteiger partial charge in [-0.3, -0.25) is 4.79 Å². The van der Waals surface area contributed by atoms with Crippen LogP contribution >= 0.6 is 11.6 Å². The highest BCUT2D eigenvalue weighted by molar-refractivity contribution is 6.29. The third kappa shape index (κ3) is 3.37. The predicted molar refractivity (Wildman–Crippen MR) is 81.7 cm³/mol. The third-order valence-corrected chi connectivity index (χ3v) is 3.75. The molecule has 0 bridgehead atoms. The highest BCUT2D eigenvalue weighted by Crippen LogP contribution is 2.23. The molecule has 1 atom stereocenters. The van der Waals surface area contributed by atoms with Gasteiger partial charge in [0.2, 0.25) is 0 Å². The second-order valence-electron chi connectivity index (χ2n) is 4.99. The summed E-state index contributed by atoms with van der Waals surface area (Å²) < 4.78 is 0. The van der Waals surface area contributed by atoms with Gasteiger partial charge in [0.15, 0.2) is 0 Å². The fourth-order valence-corrected chi connectivity index (χ4v) is 2.50. The topological polar surface area (TPSA) is 66.9 Å². The number of hydrogen-bond acceptors (Lipinski definition) is 4. The minimum atomic E-state index is -0.297. The Balaban J connectivity index is 1.67. The molecule has 1 aliphatic heterocycles. The van der Waals surface area contributed by atoms with Gasteiger partial charge in [-0.25, -0.2) is 9.97 Å². The summed E-state index contributed by atoms with van der Waals surface area (Å²) in [5.74, 6) is 0.270. The van der Waals surface area contributed by atoms with Crippen LogP contribution in [0.2, 0.25) is 5.15 Å². The number of aromatic nitrogens is 2. The number of nitrogens with one attached hydrogen (secondary N) is 2. The summed E-state index contributed by atoms with van der Waals surface area (Å²) in [5.41, 5.74) is 2.28. The van der Waals surface area contributed by atoms with Crippen molar-refractivity contribution in [2.75, 3.05) is 18.4 Å². The van der Waals surface area contributed by atoms with E-state index in [4.69, 9.17) is 11.6 Å². The van der Waals surface area contributed by atoms with Gasteiger partial charge in [0.25, 0.3) is 5.91 Å². The zero-order chi connectivity index (χ0) is 14.7. The first-order valence-electron chi connectivity index (χ1n) is 6.82. The van der Waals surface area contributed by atoms with Crippen LogP contribution in [0.5, 0.6) is 0 Å². The Labute approximate surface area is 127 Å². The number of benzene rings is 1. The van der Waals surface area contributed by atoms with E-state index in [1.165, 1.54) is 18.0 Å². The SMILES string of the molecule is O=C(Nc1ccc(C2CCNC2)cc1)c1cnc(Cl)cn1. The van der Waals surface area contributed by atoms with Gasteiger partial charge in [0, 0.05) is 12.2 Å². The number of nitrogens with zero attached hydrogens (tertiary/aromatic N) is 2. The summed E-state index contributed by atoms with van der Waals surface area (Å²) in [6.07, 6.45) is 3.87. The fourth-order valence-electron chi connectivity index (χ4n) is 2.40. The lowest BCUT2D eigenvalue weighted by atomic mass is 9.98. The van der Waals surface area contributed by atoms with E-state index < -0.39 is 0 Å². The Bertz CT molecular complexity index is 621. The van der Waals surface area contributed by atoms with Gasteiger partial charge in [0.05, 0.1) is 12.4 Å². The zero-order valence-corrected chi connectivity index (χ0v) is 12.1. The van der Waals surface area contributed by atoms with Crippen LogP contribution in [-0.4, -0.2) is 29.0 Å². The first-order valence-corrected chi connectivity index (χ1v) is 7.20. The maximum Gasteiger partial charge on any atom is 0.275 e. The van der Waals surface area contributed by atoms with E-state index in [0.717, 1.165) is 25.2 Å². The molecule has 0 saturated carbocycles. The molecule has 3 rings (SSSR count). The maximum absolute atomic E-state index is 12.0. The molecule has 1 unspecified atom stereocenters. The maximum atomic E-state index is 12.0. The van der Waals surface area contributed by atoms with E-state index in [1.54, 1.807) is 0 Å². The van der Waals surface area contributed by atoms with Gasteiger partial charge in [-0.2, -0.15) is 0 Å². The van der Waals surface area contributed by atoms with Crippen LogP contribution in [0.4, 0.5) is 5.69 Å². The van der Waals surface area contributed by atoms with E-state index >= 15 is 0 Å². The number of amides is 1. The lowest BCUT2D eigenvalue weighted by Crippen LogP contribution is -2.14. The van der Waals surface area contributed by atoms with Crippen molar-refractivity contribution in [3.8, 4) is 0 Å². The smallest absolute Gasteiger partial charge is 0.275 e. The molecule has 108 valence electrons. The number of carbonyl (C=O) groups is 1. The first kappa shape index (κ1) is 14.0. The minimum absolute atomic E-state index is 0.239. The van der Waals surface area contributed by atoms with E-state index in [0.29, 0.717) is 5.92 Å². The second kappa shape index (κ2) is 6.20. The Hall–Kier alpha value is -1.98. The van der Waals surface area contributed by atoms with Crippen molar-refractivity contribution < 1.29 is 4.79 Å². The monoisotopic (exact) mass is 302 g/mol. The Morgan fingerprint density at radius 2 is 2.05 bits per heavy atom. The number of rotatable bonds is 3. The Kier molecular flexibility index (Phi) is 4.13. The standard InChI is InChI=1S/C15H15ClN4O/c16-14-9-18-13(8-19-14)15(21)20-12-3-1-10(2-4-12)11-5-6-17-7-11/h1-4,8-9,11,17H,5-7H2,(H,20,21). The molecular formula is C15H15ClN4O. The summed E-state index contributed by atoms with van der Waals surface area (Å²) in [7, 11) is 0. The van der Waals surface area contributed by atoms with Crippen LogP contribution in [0, 0.1) is 0 Å². The molecule has 1 aromatic heterocycles. The van der Waals surface area contributed by atoms with Gasteiger partial charge >= 0.3 is 0 Å². The third-order valence-electron chi connectivity index (χ3n) is 3.55. The number of halogens is 1. The quantitative estimate of drug-likeness (QED) is 0.914. The molecule has 0 radical (unpaired) electrons. The zero-order valence-electron chi connectivity index (χ0n) is 11.3. The van der Waals surface area contributed by atoms with E-state index in [1.807, 2.05) is 12.1 Å². The van der Waals surface area contributed by atoms with E-state index in [-0.39, 0.29) is 16.8 Å². The van der Waals surface area contributed by atoms with Crippen molar-refractivity contribution in [1.29, 1.82) is 0 Å². The number of hydrogen-bond donors (Lipinski definition) is 2. The molecule has 21 heavy (non-hydrogen) atoms. The molecule has 1 fully saturated rings. The second-order valence-corrected chi connectivity index (χ2v) is 5.38. The van der Waals surface area contributed by atoms with Gasteiger partial charge in [-0.05, 0) is 36.6 Å². The van der Waals surface area contributed by atoms with Crippen molar-refractivity contribution in [1.82, 2.24) is 15.3 Å². The van der Waals surface area contributed by atoms with Crippen LogP contribution in [0.1, 0.15) is 28.4 Å². The highest BCUT2D eigenvalue weighted by Gasteiger charge is 2.16. The molecule has 1 aromatic carbocycles. The van der Waals surface area contributed by atoms with Crippen molar-refractivity contribution in [2.24, 2.45) is 0 Å². The van der Waals surface area contributed by atoms with Crippen molar-refractivity contribution in [2.45, 2.75) is 12.3 Å². The van der Waals surface area contributed by atoms with Crippen molar-refractivity contribution >= 4 is 23.2 Å². The molecule has 1 saturated heterocycles. The molecule has 5 nitrogen and oxygen atoms in total. The molecule has 0 spiro atoms. The molecule has 2 aromatic rings. The predicted octanol–water partition coefficient (Wildman–Crippen LogP) is 2.46. The van der Waals surface area contributed by atoms with Gasteiger partial charge < -0.3 is 10.6 Å². The van der Waals surface area contributed by atoms with Crippen molar-refractivity contribution in [3.05, 3.63) is 53.1 Å². The van der Waals surface area contributed by atoms with Crippen LogP contribution in [0.3, 0.4) is 0 Å². The molecule has 0 aliphatic carbocycles. The van der Waals surface area contributed by atoms with Gasteiger partial charge in [-0.15, -0.1) is 0 Å². The largest absolute Gasteiger partial charge is 0.321 e. The summed E-state index contributed by atoms with van der Waals surface area (Å²) in [6, 6.07) is 7.94. The van der Waals surface area contributed by atoms with E-state index in [2.05, 4.69) is 32.7 Å². The summed E-state index contributed by atoms with van der Waals surface area (Å²) in [6.45, 7) is 2.09. The molecule has 2 heterocycles. The highest BCUT2D eigenvalue weighted by atomic mass is 35.5. The average Bonchev–Trinajstić information content (AvgIpc) is 3.03. The number of anilines is 1. The first-order chi connectivity index (χ1) is 10.2. The van der Waals surface area contributed by atoms with Crippen LogP contribution < -0.4 is 10.6 Å². The Morgan fingerprint density at radius 1 is 1.24 bits per heavy atom. The number of carbonyl (C=O) groups excluding carboxylic acids is 1. The van der Waals surface area contributed by atoms with Gasteiger partial charge in [-0.1, -0.05) is 23.7 Å². The lowest BCUT2D eigenvalue weighted by Gasteiger charge is -2.10.